The lowest BCUT2D eigenvalue weighted by molar-refractivity contribution is -0.116. The summed E-state index contributed by atoms with van der Waals surface area (Å²) in [4.78, 5) is 12.4. The zero-order valence-corrected chi connectivity index (χ0v) is 18.5. The van der Waals surface area contributed by atoms with Crippen LogP contribution in [0.2, 0.25) is 0 Å². The molecule has 1 N–H and O–H groups in total. The van der Waals surface area contributed by atoms with Crippen molar-refractivity contribution in [2.24, 2.45) is 0 Å². The molecule has 0 heterocycles. The highest BCUT2D eigenvalue weighted by molar-refractivity contribution is 7.89. The van der Waals surface area contributed by atoms with E-state index in [-0.39, 0.29) is 23.8 Å². The fourth-order valence-corrected chi connectivity index (χ4v) is 3.96. The van der Waals surface area contributed by atoms with Crippen molar-refractivity contribution in [3.8, 4) is 17.2 Å². The quantitative estimate of drug-likeness (QED) is 0.582. The van der Waals surface area contributed by atoms with E-state index >= 15 is 0 Å². The number of carbonyl (C=O) groups excluding carboxylic acids is 1. The van der Waals surface area contributed by atoms with Gasteiger partial charge in [-0.1, -0.05) is 0 Å². The Hall–Kier alpha value is -2.78. The number of amides is 1. The third-order valence-corrected chi connectivity index (χ3v) is 6.26. The zero-order chi connectivity index (χ0) is 22.1. The fraction of sp³-hybridized carbons (Fsp3) is 0.381. The van der Waals surface area contributed by atoms with Gasteiger partial charge in [-0.15, -0.1) is 0 Å². The zero-order valence-electron chi connectivity index (χ0n) is 17.7. The van der Waals surface area contributed by atoms with Crippen LogP contribution in [0.5, 0.6) is 17.2 Å². The summed E-state index contributed by atoms with van der Waals surface area (Å²) in [6.45, 7) is 2.60. The molecule has 0 aromatic heterocycles. The van der Waals surface area contributed by atoms with Crippen LogP contribution in [0, 0.1) is 0 Å². The van der Waals surface area contributed by atoms with Crippen LogP contribution >= 0.6 is 0 Å². The molecule has 2 aromatic rings. The maximum atomic E-state index is 12.6. The van der Waals surface area contributed by atoms with E-state index in [2.05, 4.69) is 5.32 Å². The molecule has 2 rings (SSSR count). The minimum absolute atomic E-state index is 0.178. The second-order valence-electron chi connectivity index (χ2n) is 6.45. The van der Waals surface area contributed by atoms with Crippen molar-refractivity contribution < 1.29 is 27.4 Å². The summed E-state index contributed by atoms with van der Waals surface area (Å²) in [6, 6.07) is 11.3. The maximum absolute atomic E-state index is 12.6. The molecule has 2 aromatic carbocycles. The number of rotatable bonds is 11. The summed E-state index contributed by atoms with van der Waals surface area (Å²) in [5.74, 6) is 1.50. The van der Waals surface area contributed by atoms with E-state index < -0.39 is 10.0 Å². The molecule has 0 saturated carbocycles. The fourth-order valence-electron chi connectivity index (χ4n) is 2.75. The molecule has 9 heteroatoms. The van der Waals surface area contributed by atoms with Crippen LogP contribution in [-0.4, -0.2) is 53.0 Å². The first-order valence-corrected chi connectivity index (χ1v) is 11.0. The number of hydrogen-bond acceptors (Lipinski definition) is 6. The molecule has 0 atom stereocenters. The Kier molecular flexibility index (Phi) is 8.49. The lowest BCUT2D eigenvalue weighted by atomic mass is 10.2. The molecule has 0 bridgehead atoms. The molecule has 0 fully saturated rings. The molecular formula is C21H28N2O6S. The minimum Gasteiger partial charge on any atom is -0.497 e. The third-order valence-electron chi connectivity index (χ3n) is 4.39. The number of benzene rings is 2. The number of nitrogens with one attached hydrogen (secondary N) is 1. The summed E-state index contributed by atoms with van der Waals surface area (Å²) >= 11 is 0. The number of sulfonamides is 1. The van der Waals surface area contributed by atoms with E-state index in [0.29, 0.717) is 36.0 Å². The Morgan fingerprint density at radius 3 is 2.33 bits per heavy atom. The van der Waals surface area contributed by atoms with Gasteiger partial charge < -0.3 is 19.5 Å². The van der Waals surface area contributed by atoms with E-state index in [1.165, 1.54) is 37.7 Å². The third kappa shape index (κ3) is 6.11. The van der Waals surface area contributed by atoms with Crippen LogP contribution < -0.4 is 19.5 Å². The molecule has 8 nitrogen and oxygen atoms in total. The van der Waals surface area contributed by atoms with Crippen molar-refractivity contribution in [3.05, 3.63) is 42.5 Å². The van der Waals surface area contributed by atoms with E-state index in [0.717, 1.165) is 0 Å². The van der Waals surface area contributed by atoms with Crippen LogP contribution in [0.25, 0.3) is 0 Å². The minimum atomic E-state index is -3.62. The van der Waals surface area contributed by atoms with Gasteiger partial charge in [-0.25, -0.2) is 12.7 Å². The standard InChI is InChI=1S/C21H28N2O6S/c1-5-29-19-13-8-16(15-20(19)28-4)22-21(24)7-6-14-23(2)30(25,26)18-11-9-17(27-3)10-12-18/h8-13,15H,5-7,14H2,1-4H3,(H,22,24). The molecule has 0 aliphatic rings. The lowest BCUT2D eigenvalue weighted by Crippen LogP contribution is -2.28. The normalized spacial score (nSPS) is 11.2. The van der Waals surface area contributed by atoms with Crippen LogP contribution in [0.15, 0.2) is 47.4 Å². The van der Waals surface area contributed by atoms with E-state index in [4.69, 9.17) is 14.2 Å². The Bertz CT molecular complexity index is 944. The number of ether oxygens (including phenoxy) is 3. The van der Waals surface area contributed by atoms with E-state index in [1.54, 1.807) is 30.3 Å². The lowest BCUT2D eigenvalue weighted by Gasteiger charge is -2.17. The number of nitrogens with zero attached hydrogens (tertiary/aromatic N) is 1. The van der Waals surface area contributed by atoms with Gasteiger partial charge in [0.2, 0.25) is 15.9 Å². The van der Waals surface area contributed by atoms with Gasteiger partial charge in [0.25, 0.3) is 0 Å². The first-order chi connectivity index (χ1) is 14.3. The van der Waals surface area contributed by atoms with Crippen LogP contribution in [0.1, 0.15) is 19.8 Å². The van der Waals surface area contributed by atoms with Crippen molar-refractivity contribution in [3.63, 3.8) is 0 Å². The Labute approximate surface area is 177 Å². The molecule has 0 aliphatic heterocycles. The Balaban J connectivity index is 1.88. The SMILES string of the molecule is CCOc1ccc(NC(=O)CCCN(C)S(=O)(=O)c2ccc(OC)cc2)cc1OC. The van der Waals surface area contributed by atoms with Crippen molar-refractivity contribution in [2.45, 2.75) is 24.7 Å². The van der Waals surface area contributed by atoms with Crippen molar-refractivity contribution >= 4 is 21.6 Å². The monoisotopic (exact) mass is 436 g/mol. The second kappa shape index (κ2) is 10.8. The number of methoxy groups -OCH3 is 2. The first kappa shape index (κ1) is 23.5. The first-order valence-electron chi connectivity index (χ1n) is 9.53. The molecule has 0 aliphatic carbocycles. The summed E-state index contributed by atoms with van der Waals surface area (Å²) < 4.78 is 42.2. The molecule has 164 valence electrons. The van der Waals surface area contributed by atoms with Gasteiger partial charge in [0.1, 0.15) is 5.75 Å². The maximum Gasteiger partial charge on any atom is 0.242 e. The number of anilines is 1. The smallest absolute Gasteiger partial charge is 0.242 e. The molecule has 0 unspecified atom stereocenters. The average Bonchev–Trinajstić information content (AvgIpc) is 2.74. The second-order valence-corrected chi connectivity index (χ2v) is 8.50. The van der Waals surface area contributed by atoms with Gasteiger partial charge in [0.05, 0.1) is 25.7 Å². The molecule has 0 radical (unpaired) electrons. The van der Waals surface area contributed by atoms with Gasteiger partial charge in [-0.3, -0.25) is 4.79 Å². The van der Waals surface area contributed by atoms with Crippen LogP contribution in [-0.2, 0) is 14.8 Å². The van der Waals surface area contributed by atoms with Gasteiger partial charge in [0, 0.05) is 31.8 Å². The van der Waals surface area contributed by atoms with Gasteiger partial charge in [-0.05, 0) is 49.7 Å². The van der Waals surface area contributed by atoms with Crippen LogP contribution in [0.4, 0.5) is 5.69 Å². The predicted octanol–water partition coefficient (Wildman–Crippen LogP) is 3.14. The van der Waals surface area contributed by atoms with Crippen molar-refractivity contribution in [1.29, 1.82) is 0 Å². The van der Waals surface area contributed by atoms with Crippen molar-refractivity contribution in [2.75, 3.05) is 39.7 Å². The van der Waals surface area contributed by atoms with Crippen LogP contribution in [0.3, 0.4) is 0 Å². The number of hydrogen-bond donors (Lipinski definition) is 1. The molecular weight excluding hydrogens is 408 g/mol. The predicted molar refractivity (Wildman–Crippen MR) is 115 cm³/mol. The topological polar surface area (TPSA) is 94.2 Å². The Morgan fingerprint density at radius 1 is 1.03 bits per heavy atom. The summed E-state index contributed by atoms with van der Waals surface area (Å²) in [6.07, 6.45) is 0.559. The molecule has 1 amide bonds. The Morgan fingerprint density at radius 2 is 1.73 bits per heavy atom. The van der Waals surface area contributed by atoms with Crippen molar-refractivity contribution in [1.82, 2.24) is 4.31 Å². The highest BCUT2D eigenvalue weighted by Gasteiger charge is 2.20. The average molecular weight is 437 g/mol. The summed E-state index contributed by atoms with van der Waals surface area (Å²) in [7, 11) is 0.919. The van der Waals surface area contributed by atoms with Gasteiger partial charge in [0.15, 0.2) is 11.5 Å². The number of carbonyl (C=O) groups is 1. The summed E-state index contributed by atoms with van der Waals surface area (Å²) in [5.41, 5.74) is 0.583. The molecule has 0 saturated heterocycles. The van der Waals surface area contributed by atoms with E-state index in [1.807, 2.05) is 6.92 Å². The summed E-state index contributed by atoms with van der Waals surface area (Å²) in [5, 5.41) is 2.79. The molecule has 30 heavy (non-hydrogen) atoms. The highest BCUT2D eigenvalue weighted by Crippen LogP contribution is 2.30. The largest absolute Gasteiger partial charge is 0.497 e. The van der Waals surface area contributed by atoms with E-state index in [9.17, 15) is 13.2 Å². The highest BCUT2D eigenvalue weighted by atomic mass is 32.2. The van der Waals surface area contributed by atoms with Gasteiger partial charge >= 0.3 is 0 Å². The van der Waals surface area contributed by atoms with Gasteiger partial charge in [-0.2, -0.15) is 0 Å². The molecule has 0 spiro atoms.